The van der Waals surface area contributed by atoms with Crippen LogP contribution < -0.4 is 0 Å². The maximum absolute atomic E-state index is 9.82. The molecule has 0 aliphatic heterocycles. The van der Waals surface area contributed by atoms with E-state index in [2.05, 4.69) is 12.8 Å². The van der Waals surface area contributed by atoms with E-state index < -0.39 is 11.2 Å². The molecule has 0 saturated heterocycles. The second kappa shape index (κ2) is 2.66. The van der Waals surface area contributed by atoms with Crippen LogP contribution in [0, 0.1) is 23.4 Å². The molecule has 0 bridgehead atoms. The highest BCUT2D eigenvalue weighted by atomic mass is 32.2. The first-order valence-corrected chi connectivity index (χ1v) is 2.30. The van der Waals surface area contributed by atoms with E-state index in [1.807, 2.05) is 10.5 Å². The Hall–Kier alpha value is -0.570. The van der Waals surface area contributed by atoms with E-state index in [4.69, 9.17) is 0 Å². The fourth-order valence-corrected chi connectivity index (χ4v) is 0.102. The third-order valence-electron chi connectivity index (χ3n) is 0.214. The summed E-state index contributed by atoms with van der Waals surface area (Å²) in [6, 6.07) is 0. The summed E-state index contributed by atoms with van der Waals surface area (Å²) in [6.07, 6.45) is 9.18. The summed E-state index contributed by atoms with van der Waals surface area (Å²) in [4.78, 5) is 0. The van der Waals surface area contributed by atoms with Gasteiger partial charge in [0.2, 0.25) is 0 Å². The Kier molecular flexibility index (Phi) is 2.40. The predicted molar refractivity (Wildman–Crippen MR) is 25.8 cm³/mol. The van der Waals surface area contributed by atoms with Crippen LogP contribution in [0.1, 0.15) is 0 Å². The van der Waals surface area contributed by atoms with Crippen LogP contribution in [-0.4, -0.2) is 4.55 Å². The van der Waals surface area contributed by atoms with Gasteiger partial charge in [-0.15, -0.1) is 0 Å². The van der Waals surface area contributed by atoms with E-state index in [-0.39, 0.29) is 0 Å². The maximum atomic E-state index is 9.82. The van der Waals surface area contributed by atoms with E-state index in [0.717, 1.165) is 0 Å². The summed E-state index contributed by atoms with van der Waals surface area (Å²) in [7, 11) is 0. The van der Waals surface area contributed by atoms with Gasteiger partial charge in [0.15, 0.2) is 10.5 Å². The summed E-state index contributed by atoms with van der Waals surface area (Å²) in [6.45, 7) is 0. The van der Waals surface area contributed by atoms with Crippen LogP contribution in [0.4, 0.5) is 0 Å². The number of rotatable bonds is 0. The zero-order chi connectivity index (χ0) is 4.99. The van der Waals surface area contributed by atoms with Crippen molar-refractivity contribution < 1.29 is 4.55 Å². The van der Waals surface area contributed by atoms with Gasteiger partial charge in [-0.2, -0.15) is 0 Å². The van der Waals surface area contributed by atoms with Crippen molar-refractivity contribution in [2.45, 2.75) is 0 Å². The molecule has 0 aromatic carbocycles. The van der Waals surface area contributed by atoms with Crippen LogP contribution in [0.5, 0.6) is 0 Å². The van der Waals surface area contributed by atoms with Crippen molar-refractivity contribution in [3.63, 3.8) is 0 Å². The molecule has 6 heavy (non-hydrogen) atoms. The molecule has 0 rings (SSSR count). The minimum absolute atomic E-state index is 1.48. The van der Waals surface area contributed by atoms with E-state index in [1.54, 1.807) is 0 Å². The zero-order valence-corrected chi connectivity index (χ0v) is 3.79. The molecule has 0 spiro atoms. The number of hydrogen-bond donors (Lipinski definition) is 0. The molecule has 0 aliphatic rings. The zero-order valence-electron chi connectivity index (χ0n) is 2.97. The SMILES string of the molecule is C#C[S+]([O-])C#C. The molecule has 0 unspecified atom stereocenters. The first-order chi connectivity index (χ1) is 2.81. The first-order valence-electron chi connectivity index (χ1n) is 1.15. The van der Waals surface area contributed by atoms with Crippen LogP contribution >= 0.6 is 0 Å². The quantitative estimate of drug-likeness (QED) is 0.307. The van der Waals surface area contributed by atoms with E-state index in [9.17, 15) is 4.55 Å². The van der Waals surface area contributed by atoms with E-state index in [1.165, 1.54) is 0 Å². The van der Waals surface area contributed by atoms with Crippen molar-refractivity contribution in [1.82, 2.24) is 0 Å². The summed E-state index contributed by atoms with van der Waals surface area (Å²) in [5, 5.41) is 3.70. The lowest BCUT2D eigenvalue weighted by Gasteiger charge is -1.81. The Labute approximate surface area is 39.9 Å². The van der Waals surface area contributed by atoms with Gasteiger partial charge < -0.3 is 4.55 Å². The minimum atomic E-state index is -1.48. The molecule has 0 aromatic rings. The molecular weight excluding hydrogens is 96.1 g/mol. The molecule has 0 amide bonds. The lowest BCUT2D eigenvalue weighted by atomic mass is 11.4. The number of hydrogen-bond acceptors (Lipinski definition) is 1. The second-order valence-corrected chi connectivity index (χ2v) is 1.51. The largest absolute Gasteiger partial charge is 0.590 e. The first kappa shape index (κ1) is 5.43. The lowest BCUT2D eigenvalue weighted by Crippen LogP contribution is -1.85. The minimum Gasteiger partial charge on any atom is -0.590 e. The monoisotopic (exact) mass is 98.0 g/mol. The Morgan fingerprint density at radius 3 is 1.67 bits per heavy atom. The normalized spacial score (nSPS) is 6.67. The molecule has 1 nitrogen and oxygen atoms in total. The summed E-state index contributed by atoms with van der Waals surface area (Å²) in [5.41, 5.74) is 0. The van der Waals surface area contributed by atoms with Gasteiger partial charge in [0.05, 0.1) is 0 Å². The highest BCUT2D eigenvalue weighted by Gasteiger charge is 1.86. The van der Waals surface area contributed by atoms with Crippen molar-refractivity contribution in [2.75, 3.05) is 0 Å². The molecule has 0 heterocycles. The Morgan fingerprint density at radius 1 is 1.33 bits per heavy atom. The van der Waals surface area contributed by atoms with Crippen molar-refractivity contribution >= 4 is 11.2 Å². The van der Waals surface area contributed by atoms with Crippen LogP contribution in [-0.2, 0) is 11.2 Å². The van der Waals surface area contributed by atoms with Crippen LogP contribution in [0.25, 0.3) is 0 Å². The van der Waals surface area contributed by atoms with Gasteiger partial charge in [0.1, 0.15) is 11.2 Å². The van der Waals surface area contributed by atoms with Crippen molar-refractivity contribution in [3.8, 4) is 23.4 Å². The van der Waals surface area contributed by atoms with Crippen LogP contribution in [0.15, 0.2) is 0 Å². The third-order valence-corrected chi connectivity index (χ3v) is 0.642. The topological polar surface area (TPSA) is 23.1 Å². The number of terminal acetylenes is 2. The van der Waals surface area contributed by atoms with Gasteiger partial charge in [-0.05, 0) is 0 Å². The van der Waals surface area contributed by atoms with Crippen LogP contribution in [0.3, 0.4) is 0 Å². The molecular formula is C4H2OS. The Morgan fingerprint density at radius 2 is 1.67 bits per heavy atom. The molecule has 0 aliphatic carbocycles. The highest BCUT2D eigenvalue weighted by molar-refractivity contribution is 8.00. The lowest BCUT2D eigenvalue weighted by molar-refractivity contribution is 0.614. The molecule has 0 saturated carbocycles. The average molecular weight is 98.1 g/mol. The molecule has 0 N–H and O–H groups in total. The summed E-state index contributed by atoms with van der Waals surface area (Å²) >= 11 is -1.48. The third kappa shape index (κ3) is 1.72. The second-order valence-electron chi connectivity index (χ2n) is 0.504. The molecule has 0 radical (unpaired) electrons. The van der Waals surface area contributed by atoms with E-state index in [0.29, 0.717) is 0 Å². The van der Waals surface area contributed by atoms with Crippen molar-refractivity contribution in [1.29, 1.82) is 0 Å². The van der Waals surface area contributed by atoms with Crippen molar-refractivity contribution in [3.05, 3.63) is 0 Å². The predicted octanol–water partition coefficient (Wildman–Crippen LogP) is -0.0835. The molecule has 30 valence electrons. The van der Waals surface area contributed by atoms with Gasteiger partial charge in [0, 0.05) is 0 Å². The van der Waals surface area contributed by atoms with Crippen LogP contribution in [0.2, 0.25) is 0 Å². The summed E-state index contributed by atoms with van der Waals surface area (Å²) < 4.78 is 9.82. The van der Waals surface area contributed by atoms with Gasteiger partial charge in [-0.25, -0.2) is 0 Å². The van der Waals surface area contributed by atoms with Gasteiger partial charge >= 0.3 is 0 Å². The van der Waals surface area contributed by atoms with Crippen molar-refractivity contribution in [2.24, 2.45) is 0 Å². The fraction of sp³-hybridized carbons (Fsp3) is 0. The van der Waals surface area contributed by atoms with Gasteiger partial charge in [0.25, 0.3) is 0 Å². The standard InChI is InChI=1S/C4H2OS/c1-3-6(5)4-2/h1-2H. The van der Waals surface area contributed by atoms with Gasteiger partial charge in [-0.1, -0.05) is 12.8 Å². The molecule has 0 atom stereocenters. The molecule has 2 heteroatoms. The Bertz CT molecular complexity index is 91.7. The average Bonchev–Trinajstić information content (AvgIpc) is 1.65. The highest BCUT2D eigenvalue weighted by Crippen LogP contribution is 1.76. The maximum Gasteiger partial charge on any atom is 0.163 e. The molecule has 0 aromatic heterocycles. The molecule has 0 fully saturated rings. The smallest absolute Gasteiger partial charge is 0.163 e. The Balaban J connectivity index is 3.40. The fourth-order valence-electron chi connectivity index (χ4n) is 0.0340. The van der Waals surface area contributed by atoms with E-state index >= 15 is 0 Å². The summed E-state index contributed by atoms with van der Waals surface area (Å²) in [5.74, 6) is 0. The van der Waals surface area contributed by atoms with Gasteiger partial charge in [-0.3, -0.25) is 0 Å².